The van der Waals surface area contributed by atoms with Gasteiger partial charge in [0.05, 0.1) is 10.5 Å². The third-order valence-corrected chi connectivity index (χ3v) is 2.39. The van der Waals surface area contributed by atoms with E-state index in [-0.39, 0.29) is 0 Å². The van der Waals surface area contributed by atoms with Crippen LogP contribution in [0.25, 0.3) is 10.9 Å². The summed E-state index contributed by atoms with van der Waals surface area (Å²) in [6, 6.07) is 7.96. The quantitative estimate of drug-likeness (QED) is 0.757. The summed E-state index contributed by atoms with van der Waals surface area (Å²) < 4.78 is 0. The van der Waals surface area contributed by atoms with Crippen molar-refractivity contribution in [3.63, 3.8) is 0 Å². The van der Waals surface area contributed by atoms with Gasteiger partial charge >= 0.3 is 0 Å². The number of H-pyrrole nitrogens is 1. The van der Waals surface area contributed by atoms with Gasteiger partial charge in [-0.2, -0.15) is 0 Å². The largest absolute Gasteiger partial charge is 0.357 e. The highest BCUT2D eigenvalue weighted by atomic mass is 35.5. The highest BCUT2D eigenvalue weighted by molar-refractivity contribution is 6.35. The third kappa shape index (κ3) is 1.55. The normalized spacial score (nSPS) is 10.9. The molecule has 0 unspecified atom stereocenters. The van der Waals surface area contributed by atoms with Gasteiger partial charge in [-0.25, -0.2) is 0 Å². The molecule has 0 saturated heterocycles. The minimum Gasteiger partial charge on any atom is -0.357 e. The first-order valence-corrected chi connectivity index (χ1v) is 4.65. The van der Waals surface area contributed by atoms with Crippen LogP contribution in [0.4, 0.5) is 0 Å². The molecule has 1 heterocycles. The number of benzene rings is 1. The Balaban J connectivity index is 2.55. The van der Waals surface area contributed by atoms with E-state index in [1.165, 1.54) is 0 Å². The molecule has 1 aromatic carbocycles. The summed E-state index contributed by atoms with van der Waals surface area (Å²) in [6.07, 6.45) is 0.866. The fraction of sp³-hybridized carbons (Fsp3) is 0.200. The van der Waals surface area contributed by atoms with Gasteiger partial charge in [-0.05, 0) is 25.1 Å². The molecular weight excluding hydrogens is 184 g/mol. The van der Waals surface area contributed by atoms with Crippen LogP contribution in [0.15, 0.2) is 24.3 Å². The number of fused-ring (bicyclic) bond motifs is 1. The van der Waals surface area contributed by atoms with Gasteiger partial charge in [0.1, 0.15) is 0 Å². The molecule has 3 N–H and O–H groups in total. The standard InChI is InChI=1S/C10H11ClN2/c11-9-3-1-2-7-6-8(4-5-12)13-10(7)9/h1-3,6,13H,4-5,12H2. The molecular formula is C10H11ClN2. The van der Waals surface area contributed by atoms with E-state index in [4.69, 9.17) is 17.3 Å². The van der Waals surface area contributed by atoms with Gasteiger partial charge in [0, 0.05) is 11.1 Å². The van der Waals surface area contributed by atoms with Crippen LogP contribution in [0.5, 0.6) is 0 Å². The molecule has 2 nitrogen and oxygen atoms in total. The average Bonchev–Trinajstić information content (AvgIpc) is 2.49. The first kappa shape index (κ1) is 8.60. The van der Waals surface area contributed by atoms with Crippen molar-refractivity contribution in [2.75, 3.05) is 6.54 Å². The lowest BCUT2D eigenvalue weighted by atomic mass is 10.2. The van der Waals surface area contributed by atoms with E-state index in [1.54, 1.807) is 0 Å². The van der Waals surface area contributed by atoms with Crippen molar-refractivity contribution in [1.29, 1.82) is 0 Å². The zero-order chi connectivity index (χ0) is 9.26. The van der Waals surface area contributed by atoms with Crippen LogP contribution in [-0.2, 0) is 6.42 Å². The van der Waals surface area contributed by atoms with E-state index in [9.17, 15) is 0 Å². The molecule has 2 aromatic rings. The van der Waals surface area contributed by atoms with Crippen molar-refractivity contribution in [2.24, 2.45) is 5.73 Å². The summed E-state index contributed by atoms with van der Waals surface area (Å²) in [5.41, 5.74) is 7.62. The van der Waals surface area contributed by atoms with Crippen molar-refractivity contribution in [2.45, 2.75) is 6.42 Å². The molecule has 0 amide bonds. The van der Waals surface area contributed by atoms with E-state index >= 15 is 0 Å². The topological polar surface area (TPSA) is 41.8 Å². The molecule has 0 radical (unpaired) electrons. The molecule has 13 heavy (non-hydrogen) atoms. The number of halogens is 1. The van der Waals surface area contributed by atoms with Gasteiger partial charge in [-0.1, -0.05) is 23.7 Å². The van der Waals surface area contributed by atoms with Crippen LogP contribution in [-0.4, -0.2) is 11.5 Å². The van der Waals surface area contributed by atoms with Crippen LogP contribution >= 0.6 is 11.6 Å². The second-order valence-electron chi connectivity index (χ2n) is 3.04. The van der Waals surface area contributed by atoms with E-state index in [2.05, 4.69) is 11.1 Å². The molecule has 0 fully saturated rings. The first-order valence-electron chi connectivity index (χ1n) is 4.27. The number of aromatic amines is 1. The van der Waals surface area contributed by atoms with Crippen LogP contribution in [0.1, 0.15) is 5.69 Å². The summed E-state index contributed by atoms with van der Waals surface area (Å²) in [6.45, 7) is 0.657. The summed E-state index contributed by atoms with van der Waals surface area (Å²) in [4.78, 5) is 3.25. The number of hydrogen-bond donors (Lipinski definition) is 2. The Kier molecular flexibility index (Phi) is 2.25. The first-order chi connectivity index (χ1) is 6.31. The number of hydrogen-bond acceptors (Lipinski definition) is 1. The lowest BCUT2D eigenvalue weighted by Gasteiger charge is -1.92. The molecule has 2 rings (SSSR count). The Morgan fingerprint density at radius 2 is 2.23 bits per heavy atom. The van der Waals surface area contributed by atoms with Crippen molar-refractivity contribution in [3.8, 4) is 0 Å². The van der Waals surface area contributed by atoms with Crippen molar-refractivity contribution < 1.29 is 0 Å². The fourth-order valence-electron chi connectivity index (χ4n) is 1.47. The Bertz CT molecular complexity index is 420. The molecule has 1 aromatic heterocycles. The molecule has 0 bridgehead atoms. The predicted molar refractivity (Wildman–Crippen MR) is 56.1 cm³/mol. The summed E-state index contributed by atoms with van der Waals surface area (Å²) in [7, 11) is 0. The van der Waals surface area contributed by atoms with Gasteiger partial charge in [0.2, 0.25) is 0 Å². The van der Waals surface area contributed by atoms with Crippen molar-refractivity contribution >= 4 is 22.5 Å². The van der Waals surface area contributed by atoms with E-state index in [0.717, 1.165) is 28.0 Å². The van der Waals surface area contributed by atoms with Crippen LogP contribution in [0.2, 0.25) is 5.02 Å². The number of nitrogens with two attached hydrogens (primary N) is 1. The van der Waals surface area contributed by atoms with Crippen LogP contribution in [0.3, 0.4) is 0 Å². The number of nitrogens with one attached hydrogen (secondary N) is 1. The zero-order valence-corrected chi connectivity index (χ0v) is 7.93. The van der Waals surface area contributed by atoms with E-state index in [0.29, 0.717) is 6.54 Å². The lowest BCUT2D eigenvalue weighted by molar-refractivity contribution is 0.940. The Morgan fingerprint density at radius 1 is 1.38 bits per heavy atom. The summed E-state index contributed by atoms with van der Waals surface area (Å²) in [5.74, 6) is 0. The Labute approximate surface area is 81.7 Å². The van der Waals surface area contributed by atoms with Crippen molar-refractivity contribution in [1.82, 2.24) is 4.98 Å². The second kappa shape index (κ2) is 3.40. The fourth-order valence-corrected chi connectivity index (χ4v) is 1.70. The summed E-state index contributed by atoms with van der Waals surface area (Å²) >= 11 is 6.01. The maximum atomic E-state index is 6.01. The van der Waals surface area contributed by atoms with Crippen LogP contribution < -0.4 is 5.73 Å². The molecule has 0 spiro atoms. The molecule has 0 saturated carbocycles. The smallest absolute Gasteiger partial charge is 0.0647 e. The van der Waals surface area contributed by atoms with Gasteiger partial charge in [0.25, 0.3) is 0 Å². The maximum Gasteiger partial charge on any atom is 0.0647 e. The van der Waals surface area contributed by atoms with Gasteiger partial charge < -0.3 is 10.7 Å². The lowest BCUT2D eigenvalue weighted by Crippen LogP contribution is -2.02. The molecule has 0 aliphatic rings. The van der Waals surface area contributed by atoms with Gasteiger partial charge in [0.15, 0.2) is 0 Å². The monoisotopic (exact) mass is 194 g/mol. The SMILES string of the molecule is NCCc1cc2cccc(Cl)c2[nH]1. The number of para-hydroxylation sites is 1. The number of rotatable bonds is 2. The summed E-state index contributed by atoms with van der Waals surface area (Å²) in [5, 5.41) is 1.91. The molecule has 0 atom stereocenters. The Morgan fingerprint density at radius 3 is 2.92 bits per heavy atom. The van der Waals surface area contributed by atoms with E-state index < -0.39 is 0 Å². The van der Waals surface area contributed by atoms with Gasteiger partial charge in [-0.3, -0.25) is 0 Å². The van der Waals surface area contributed by atoms with E-state index in [1.807, 2.05) is 18.2 Å². The maximum absolute atomic E-state index is 6.01. The minimum atomic E-state index is 0.657. The second-order valence-corrected chi connectivity index (χ2v) is 3.44. The highest BCUT2D eigenvalue weighted by Gasteiger charge is 2.02. The number of aromatic nitrogens is 1. The molecule has 0 aliphatic heterocycles. The van der Waals surface area contributed by atoms with Crippen LogP contribution in [0, 0.1) is 0 Å². The van der Waals surface area contributed by atoms with Gasteiger partial charge in [-0.15, -0.1) is 0 Å². The molecule has 3 heteroatoms. The minimum absolute atomic E-state index is 0.657. The predicted octanol–water partition coefficient (Wildman–Crippen LogP) is 2.32. The van der Waals surface area contributed by atoms with Crippen molar-refractivity contribution in [3.05, 3.63) is 35.0 Å². The highest BCUT2D eigenvalue weighted by Crippen LogP contribution is 2.23. The zero-order valence-electron chi connectivity index (χ0n) is 7.18. The average molecular weight is 195 g/mol. The Hall–Kier alpha value is -0.990. The molecule has 0 aliphatic carbocycles. The third-order valence-electron chi connectivity index (χ3n) is 2.07. The molecule has 68 valence electrons.